The van der Waals surface area contributed by atoms with Gasteiger partial charge in [0.15, 0.2) is 0 Å². The van der Waals surface area contributed by atoms with Gasteiger partial charge in [0.25, 0.3) is 0 Å². The Balaban J connectivity index is 1.43. The van der Waals surface area contributed by atoms with Crippen LogP contribution in [0, 0.1) is 0 Å². The van der Waals surface area contributed by atoms with E-state index in [0.29, 0.717) is 31.0 Å². The minimum absolute atomic E-state index is 0.0365. The SMILES string of the molecule is O=C(Nc1ccc(Cl)cn1)C(=O)N1CCC2(CC1)C(=O)Nc1ccccc12. The van der Waals surface area contributed by atoms with Crippen LogP contribution in [0.5, 0.6) is 0 Å². The molecule has 2 aromatic rings. The van der Waals surface area contributed by atoms with Crippen molar-refractivity contribution in [3.63, 3.8) is 0 Å². The highest BCUT2D eigenvalue weighted by Crippen LogP contribution is 2.44. The number of hydrogen-bond acceptors (Lipinski definition) is 4. The molecule has 0 saturated carbocycles. The predicted molar refractivity (Wildman–Crippen MR) is 100 cm³/mol. The molecule has 2 N–H and O–H groups in total. The third kappa shape index (κ3) is 3.04. The number of aromatic nitrogens is 1. The first kappa shape index (κ1) is 17.5. The van der Waals surface area contributed by atoms with Crippen LogP contribution >= 0.6 is 11.6 Å². The summed E-state index contributed by atoms with van der Waals surface area (Å²) in [7, 11) is 0. The van der Waals surface area contributed by atoms with E-state index in [0.717, 1.165) is 11.3 Å². The maximum Gasteiger partial charge on any atom is 0.315 e. The van der Waals surface area contributed by atoms with Crippen LogP contribution in [0.1, 0.15) is 18.4 Å². The van der Waals surface area contributed by atoms with Crippen molar-refractivity contribution in [2.24, 2.45) is 0 Å². The van der Waals surface area contributed by atoms with Crippen molar-refractivity contribution in [3.8, 4) is 0 Å². The number of carbonyl (C=O) groups is 3. The van der Waals surface area contributed by atoms with Crippen molar-refractivity contribution in [3.05, 3.63) is 53.2 Å². The summed E-state index contributed by atoms with van der Waals surface area (Å²) in [5.74, 6) is -1.16. The molecule has 2 aliphatic heterocycles. The maximum absolute atomic E-state index is 12.6. The summed E-state index contributed by atoms with van der Waals surface area (Å²) in [6.07, 6.45) is 2.35. The van der Waals surface area contributed by atoms with E-state index < -0.39 is 17.2 Å². The Morgan fingerprint density at radius 3 is 2.59 bits per heavy atom. The lowest BCUT2D eigenvalue weighted by Crippen LogP contribution is -2.50. The van der Waals surface area contributed by atoms with Gasteiger partial charge >= 0.3 is 11.8 Å². The van der Waals surface area contributed by atoms with Gasteiger partial charge in [-0.25, -0.2) is 4.98 Å². The number of amides is 3. The number of piperidine rings is 1. The smallest absolute Gasteiger partial charge is 0.315 e. The van der Waals surface area contributed by atoms with Gasteiger partial charge in [0, 0.05) is 25.0 Å². The van der Waals surface area contributed by atoms with Gasteiger partial charge < -0.3 is 15.5 Å². The molecule has 1 aromatic carbocycles. The number of nitrogens with zero attached hydrogens (tertiary/aromatic N) is 2. The van der Waals surface area contributed by atoms with Crippen molar-refractivity contribution < 1.29 is 14.4 Å². The third-order valence-electron chi connectivity index (χ3n) is 5.19. The fraction of sp³-hybridized carbons (Fsp3) is 0.263. The molecule has 0 aliphatic carbocycles. The number of hydrogen-bond donors (Lipinski definition) is 2. The largest absolute Gasteiger partial charge is 0.334 e. The Hall–Kier alpha value is -2.93. The third-order valence-corrected chi connectivity index (χ3v) is 5.42. The normalized spacial score (nSPS) is 17.4. The summed E-state index contributed by atoms with van der Waals surface area (Å²) in [5.41, 5.74) is 1.17. The number of likely N-dealkylation sites (tertiary alicyclic amines) is 1. The first-order valence-corrected chi connectivity index (χ1v) is 9.00. The van der Waals surface area contributed by atoms with Crippen LogP contribution in [0.4, 0.5) is 11.5 Å². The number of fused-ring (bicyclic) bond motifs is 2. The van der Waals surface area contributed by atoms with Gasteiger partial charge in [0.05, 0.1) is 10.4 Å². The Morgan fingerprint density at radius 1 is 1.15 bits per heavy atom. The number of pyridine rings is 1. The van der Waals surface area contributed by atoms with Crippen LogP contribution in [0.2, 0.25) is 5.02 Å². The summed E-state index contributed by atoms with van der Waals surface area (Å²) >= 11 is 5.76. The number of nitrogens with one attached hydrogen (secondary N) is 2. The topological polar surface area (TPSA) is 91.4 Å². The number of benzene rings is 1. The molecule has 3 heterocycles. The Bertz CT molecular complexity index is 921. The van der Waals surface area contributed by atoms with Gasteiger partial charge in [0.1, 0.15) is 5.82 Å². The zero-order valence-corrected chi connectivity index (χ0v) is 15.1. The Kier molecular flexibility index (Phi) is 4.31. The predicted octanol–water partition coefficient (Wildman–Crippen LogP) is 2.19. The molecule has 4 rings (SSSR count). The molecule has 1 saturated heterocycles. The van der Waals surface area contributed by atoms with E-state index in [2.05, 4.69) is 15.6 Å². The van der Waals surface area contributed by atoms with Crippen LogP contribution in [0.25, 0.3) is 0 Å². The summed E-state index contributed by atoms with van der Waals surface area (Å²) in [6.45, 7) is 0.671. The molecule has 8 heteroatoms. The highest BCUT2D eigenvalue weighted by atomic mass is 35.5. The molecule has 138 valence electrons. The van der Waals surface area contributed by atoms with Crippen LogP contribution in [0.15, 0.2) is 42.6 Å². The quantitative estimate of drug-likeness (QED) is 0.737. The summed E-state index contributed by atoms with van der Waals surface area (Å²) < 4.78 is 0. The van der Waals surface area contributed by atoms with Crippen LogP contribution < -0.4 is 10.6 Å². The molecule has 1 spiro atoms. The standard InChI is InChI=1S/C19H17ClN4O3/c20-12-5-6-15(21-11-12)23-16(25)17(26)24-9-7-19(8-10-24)13-3-1-2-4-14(13)22-18(19)27/h1-6,11H,7-10H2,(H,22,27)(H,21,23,25). The number of halogens is 1. The maximum atomic E-state index is 12.6. The molecule has 0 radical (unpaired) electrons. The molecular formula is C19H17ClN4O3. The van der Waals surface area contributed by atoms with Crippen LogP contribution in [-0.4, -0.2) is 40.7 Å². The lowest BCUT2D eigenvalue weighted by molar-refractivity contribution is -0.144. The van der Waals surface area contributed by atoms with Gasteiger partial charge in [-0.2, -0.15) is 0 Å². The molecule has 27 heavy (non-hydrogen) atoms. The minimum atomic E-state index is -0.753. The second-order valence-corrected chi connectivity index (χ2v) is 7.13. The van der Waals surface area contributed by atoms with Crippen LogP contribution in [-0.2, 0) is 19.8 Å². The van der Waals surface area contributed by atoms with Crippen molar-refractivity contribution in [2.75, 3.05) is 23.7 Å². The van der Waals surface area contributed by atoms with E-state index in [1.165, 1.54) is 17.2 Å². The van der Waals surface area contributed by atoms with Gasteiger partial charge in [0.2, 0.25) is 5.91 Å². The highest BCUT2D eigenvalue weighted by molar-refractivity contribution is 6.39. The first-order valence-electron chi connectivity index (χ1n) is 8.62. The van der Waals surface area contributed by atoms with Crippen molar-refractivity contribution in [1.29, 1.82) is 0 Å². The molecule has 3 amide bonds. The Morgan fingerprint density at radius 2 is 1.89 bits per heavy atom. The molecular weight excluding hydrogens is 368 g/mol. The Labute approximate surface area is 160 Å². The highest BCUT2D eigenvalue weighted by Gasteiger charge is 2.49. The average molecular weight is 385 g/mol. The molecule has 7 nitrogen and oxygen atoms in total. The van der Waals surface area contributed by atoms with Crippen molar-refractivity contribution in [2.45, 2.75) is 18.3 Å². The van der Waals surface area contributed by atoms with Gasteiger partial charge in [-0.1, -0.05) is 29.8 Å². The number of para-hydroxylation sites is 1. The zero-order chi connectivity index (χ0) is 19.0. The van der Waals surface area contributed by atoms with Gasteiger partial charge in [-0.15, -0.1) is 0 Å². The number of anilines is 2. The fourth-order valence-electron chi connectivity index (χ4n) is 3.72. The molecule has 1 aromatic heterocycles. The first-order chi connectivity index (χ1) is 13.0. The lowest BCUT2D eigenvalue weighted by atomic mass is 9.73. The second kappa shape index (κ2) is 6.66. The molecule has 1 fully saturated rings. The number of rotatable bonds is 1. The van der Waals surface area contributed by atoms with E-state index in [9.17, 15) is 14.4 Å². The zero-order valence-electron chi connectivity index (χ0n) is 14.4. The van der Waals surface area contributed by atoms with E-state index in [4.69, 9.17) is 11.6 Å². The van der Waals surface area contributed by atoms with Gasteiger partial charge in [-0.05, 0) is 36.6 Å². The molecule has 0 bridgehead atoms. The second-order valence-electron chi connectivity index (χ2n) is 6.69. The monoisotopic (exact) mass is 384 g/mol. The molecule has 0 unspecified atom stereocenters. The van der Waals surface area contributed by atoms with Crippen molar-refractivity contribution in [1.82, 2.24) is 9.88 Å². The van der Waals surface area contributed by atoms with Crippen LogP contribution in [0.3, 0.4) is 0 Å². The lowest BCUT2D eigenvalue weighted by Gasteiger charge is -2.37. The summed E-state index contributed by atoms with van der Waals surface area (Å²) in [6, 6.07) is 10.7. The number of carbonyl (C=O) groups excluding carboxylic acids is 3. The molecule has 2 aliphatic rings. The van der Waals surface area contributed by atoms with E-state index in [-0.39, 0.29) is 11.7 Å². The summed E-state index contributed by atoms with van der Waals surface area (Å²) in [4.78, 5) is 42.7. The fourth-order valence-corrected chi connectivity index (χ4v) is 3.84. The average Bonchev–Trinajstić information content (AvgIpc) is 2.95. The minimum Gasteiger partial charge on any atom is -0.334 e. The van der Waals surface area contributed by atoms with Gasteiger partial charge in [-0.3, -0.25) is 14.4 Å². The van der Waals surface area contributed by atoms with Crippen molar-refractivity contribution >= 4 is 40.8 Å². The van der Waals surface area contributed by atoms with E-state index in [1.807, 2.05) is 24.3 Å². The van der Waals surface area contributed by atoms with E-state index >= 15 is 0 Å². The summed E-state index contributed by atoms with van der Waals surface area (Å²) in [5, 5.41) is 5.83. The van der Waals surface area contributed by atoms with E-state index in [1.54, 1.807) is 6.07 Å². The molecule has 0 atom stereocenters.